The highest BCUT2D eigenvalue weighted by Gasteiger charge is 2.30. The second kappa shape index (κ2) is 7.67. The molecule has 1 fully saturated rings. The van der Waals surface area contributed by atoms with Crippen LogP contribution in [0.15, 0.2) is 32.5 Å². The van der Waals surface area contributed by atoms with Crippen LogP contribution in [0, 0.1) is 19.8 Å². The van der Waals surface area contributed by atoms with Gasteiger partial charge in [0.05, 0.1) is 5.69 Å². The molecule has 0 saturated carbocycles. The highest BCUT2D eigenvalue weighted by Crippen LogP contribution is 2.30. The Morgan fingerprint density at radius 3 is 2.71 bits per heavy atom. The minimum absolute atomic E-state index is 0.0220. The summed E-state index contributed by atoms with van der Waals surface area (Å²) in [5, 5.41) is 6.36. The molecule has 2 aromatic heterocycles. The molecule has 0 unspecified atom stereocenters. The number of amides is 2. The van der Waals surface area contributed by atoms with Crippen LogP contribution in [0.25, 0.3) is 11.0 Å². The van der Waals surface area contributed by atoms with E-state index < -0.39 is 0 Å². The molecule has 2 amide bonds. The molecule has 1 aromatic carbocycles. The normalized spacial score (nSPS) is 15.2. The fraction of sp³-hybridized carbons (Fsp3) is 0.350. The lowest BCUT2D eigenvalue weighted by Gasteiger charge is -2.30. The molecule has 1 aliphatic rings. The first-order chi connectivity index (χ1) is 13.4. The van der Waals surface area contributed by atoms with Crippen LogP contribution in [0.3, 0.4) is 0 Å². The van der Waals surface area contributed by atoms with E-state index in [0.29, 0.717) is 42.4 Å². The predicted molar refractivity (Wildman–Crippen MR) is 113 cm³/mol. The Hall–Kier alpha value is -2.19. The number of aryl methyl sites for hydroxylation is 2. The van der Waals surface area contributed by atoms with Gasteiger partial charge in [-0.05, 0) is 44.9 Å². The van der Waals surface area contributed by atoms with E-state index in [1.54, 1.807) is 4.90 Å². The lowest BCUT2D eigenvalue weighted by molar-refractivity contribution is -0.121. The van der Waals surface area contributed by atoms with Gasteiger partial charge in [-0.15, -0.1) is 11.3 Å². The predicted octanol–water partition coefficient (Wildman–Crippen LogP) is 4.76. The van der Waals surface area contributed by atoms with Crippen LogP contribution in [-0.4, -0.2) is 34.8 Å². The highest BCUT2D eigenvalue weighted by atomic mass is 79.9. The van der Waals surface area contributed by atoms with Gasteiger partial charge in [0.15, 0.2) is 10.9 Å². The number of hydrogen-bond donors (Lipinski definition) is 1. The second-order valence-electron chi connectivity index (χ2n) is 7.05. The van der Waals surface area contributed by atoms with E-state index in [1.807, 2.05) is 37.4 Å². The van der Waals surface area contributed by atoms with Gasteiger partial charge >= 0.3 is 0 Å². The maximum atomic E-state index is 13.0. The maximum Gasteiger partial charge on any atom is 0.289 e. The van der Waals surface area contributed by atoms with Crippen molar-refractivity contribution in [1.29, 1.82) is 0 Å². The van der Waals surface area contributed by atoms with Crippen LogP contribution in [0.1, 0.15) is 34.7 Å². The summed E-state index contributed by atoms with van der Waals surface area (Å²) in [4.78, 5) is 31.5. The molecule has 6 nitrogen and oxygen atoms in total. The fourth-order valence-electron chi connectivity index (χ4n) is 3.50. The van der Waals surface area contributed by atoms with Crippen molar-refractivity contribution in [2.75, 3.05) is 18.4 Å². The minimum Gasteiger partial charge on any atom is -0.451 e. The first-order valence-corrected chi connectivity index (χ1v) is 10.8. The first kappa shape index (κ1) is 19.1. The largest absolute Gasteiger partial charge is 0.451 e. The van der Waals surface area contributed by atoms with Crippen molar-refractivity contribution in [1.82, 2.24) is 9.88 Å². The molecule has 146 valence electrons. The Kier molecular flexibility index (Phi) is 5.25. The number of carbonyl (C=O) groups excluding carboxylic acids is 2. The van der Waals surface area contributed by atoms with Crippen molar-refractivity contribution in [3.05, 3.63) is 45.1 Å². The summed E-state index contributed by atoms with van der Waals surface area (Å²) >= 11 is 4.88. The number of hydrogen-bond acceptors (Lipinski definition) is 5. The number of nitrogens with zero attached hydrogens (tertiary/aromatic N) is 2. The average Bonchev–Trinajstić information content (AvgIpc) is 3.24. The van der Waals surface area contributed by atoms with E-state index in [2.05, 4.69) is 26.2 Å². The topological polar surface area (TPSA) is 75.4 Å². The second-order valence-corrected chi connectivity index (χ2v) is 8.82. The van der Waals surface area contributed by atoms with Crippen molar-refractivity contribution in [2.24, 2.45) is 5.92 Å². The zero-order valence-electron chi connectivity index (χ0n) is 15.6. The first-order valence-electron chi connectivity index (χ1n) is 9.13. The number of halogens is 1. The van der Waals surface area contributed by atoms with Crippen LogP contribution >= 0.6 is 27.3 Å². The van der Waals surface area contributed by atoms with Gasteiger partial charge in [-0.1, -0.05) is 15.9 Å². The molecule has 0 bridgehead atoms. The lowest BCUT2D eigenvalue weighted by atomic mass is 9.95. The van der Waals surface area contributed by atoms with Gasteiger partial charge < -0.3 is 14.6 Å². The molecule has 28 heavy (non-hydrogen) atoms. The third kappa shape index (κ3) is 3.71. The van der Waals surface area contributed by atoms with Crippen molar-refractivity contribution >= 4 is 55.2 Å². The zero-order chi connectivity index (χ0) is 19.8. The standard InChI is InChI=1S/C20H20BrN3O3S/c1-11-10-28-20(22-11)23-18(25)13-5-7-24(8-6-13)19(26)17-12(2)15-9-14(21)3-4-16(15)27-17/h3-4,9-10,13H,5-8H2,1-2H3,(H,22,23,25). The molecule has 1 aliphatic heterocycles. The van der Waals surface area contributed by atoms with Gasteiger partial charge in [0.25, 0.3) is 5.91 Å². The summed E-state index contributed by atoms with van der Waals surface area (Å²) in [6.07, 6.45) is 1.26. The van der Waals surface area contributed by atoms with Gasteiger partial charge in [0, 0.05) is 39.8 Å². The van der Waals surface area contributed by atoms with E-state index in [-0.39, 0.29) is 17.7 Å². The van der Waals surface area contributed by atoms with Gasteiger partial charge in [-0.2, -0.15) is 0 Å². The maximum absolute atomic E-state index is 13.0. The summed E-state index contributed by atoms with van der Waals surface area (Å²) in [5.74, 6) is 0.140. The Morgan fingerprint density at radius 1 is 1.29 bits per heavy atom. The van der Waals surface area contributed by atoms with Crippen molar-refractivity contribution in [3.8, 4) is 0 Å². The molecule has 1 saturated heterocycles. The van der Waals surface area contributed by atoms with E-state index in [9.17, 15) is 9.59 Å². The summed E-state index contributed by atoms with van der Waals surface area (Å²) in [5.41, 5.74) is 2.45. The van der Waals surface area contributed by atoms with E-state index in [4.69, 9.17) is 4.42 Å². The number of likely N-dealkylation sites (tertiary alicyclic amines) is 1. The molecular formula is C20H20BrN3O3S. The smallest absolute Gasteiger partial charge is 0.289 e. The van der Waals surface area contributed by atoms with Gasteiger partial charge in [0.2, 0.25) is 5.91 Å². The lowest BCUT2D eigenvalue weighted by Crippen LogP contribution is -2.41. The number of anilines is 1. The quantitative estimate of drug-likeness (QED) is 0.609. The number of carbonyl (C=O) groups is 2. The number of rotatable bonds is 3. The van der Waals surface area contributed by atoms with Crippen LogP contribution in [0.5, 0.6) is 0 Å². The molecule has 0 aliphatic carbocycles. The van der Waals surface area contributed by atoms with Crippen LogP contribution in [-0.2, 0) is 4.79 Å². The molecule has 3 heterocycles. The summed E-state index contributed by atoms with van der Waals surface area (Å²) in [6, 6.07) is 5.72. The number of furan rings is 1. The molecular weight excluding hydrogens is 442 g/mol. The molecule has 0 spiro atoms. The summed E-state index contributed by atoms with van der Waals surface area (Å²) < 4.78 is 6.78. The van der Waals surface area contributed by atoms with Gasteiger partial charge in [0.1, 0.15) is 5.58 Å². The molecule has 4 rings (SSSR count). The fourth-order valence-corrected chi connectivity index (χ4v) is 4.56. The van der Waals surface area contributed by atoms with Crippen molar-refractivity contribution in [2.45, 2.75) is 26.7 Å². The number of piperidine rings is 1. The van der Waals surface area contributed by atoms with E-state index in [1.165, 1.54) is 11.3 Å². The monoisotopic (exact) mass is 461 g/mol. The number of aromatic nitrogens is 1. The van der Waals surface area contributed by atoms with Gasteiger partial charge in [-0.3, -0.25) is 9.59 Å². The number of fused-ring (bicyclic) bond motifs is 1. The zero-order valence-corrected chi connectivity index (χ0v) is 18.0. The number of thiazole rings is 1. The van der Waals surface area contributed by atoms with Crippen molar-refractivity contribution in [3.63, 3.8) is 0 Å². The third-order valence-electron chi connectivity index (χ3n) is 5.09. The Balaban J connectivity index is 1.41. The number of benzene rings is 1. The molecule has 0 radical (unpaired) electrons. The molecule has 3 aromatic rings. The Bertz CT molecular complexity index is 1050. The highest BCUT2D eigenvalue weighted by molar-refractivity contribution is 9.10. The Morgan fingerprint density at radius 2 is 2.04 bits per heavy atom. The minimum atomic E-state index is -0.112. The Labute approximate surface area is 175 Å². The third-order valence-corrected chi connectivity index (χ3v) is 6.46. The molecule has 1 N–H and O–H groups in total. The van der Waals surface area contributed by atoms with Crippen molar-refractivity contribution < 1.29 is 14.0 Å². The molecule has 8 heteroatoms. The van der Waals surface area contributed by atoms with Crippen LogP contribution < -0.4 is 5.32 Å². The van der Waals surface area contributed by atoms with Crippen LogP contribution in [0.4, 0.5) is 5.13 Å². The number of nitrogens with one attached hydrogen (secondary N) is 1. The average molecular weight is 462 g/mol. The summed E-state index contributed by atoms with van der Waals surface area (Å²) in [6.45, 7) is 4.87. The van der Waals surface area contributed by atoms with E-state index >= 15 is 0 Å². The summed E-state index contributed by atoms with van der Waals surface area (Å²) in [7, 11) is 0. The molecule has 0 atom stereocenters. The van der Waals surface area contributed by atoms with Gasteiger partial charge in [-0.25, -0.2) is 4.98 Å². The van der Waals surface area contributed by atoms with E-state index in [0.717, 1.165) is 21.1 Å². The van der Waals surface area contributed by atoms with Crippen LogP contribution in [0.2, 0.25) is 0 Å². The SMILES string of the molecule is Cc1csc(NC(=O)C2CCN(C(=O)c3oc4ccc(Br)cc4c3C)CC2)n1.